The van der Waals surface area contributed by atoms with Crippen molar-refractivity contribution >= 4 is 5.82 Å². The summed E-state index contributed by atoms with van der Waals surface area (Å²) >= 11 is 0. The van der Waals surface area contributed by atoms with Crippen molar-refractivity contribution in [3.63, 3.8) is 0 Å². The van der Waals surface area contributed by atoms with E-state index >= 15 is 0 Å². The molecule has 0 amide bonds. The van der Waals surface area contributed by atoms with E-state index in [2.05, 4.69) is 29.9 Å². The lowest BCUT2D eigenvalue weighted by molar-refractivity contribution is 0.0576. The molecule has 1 unspecified atom stereocenters. The van der Waals surface area contributed by atoms with Crippen molar-refractivity contribution in [1.82, 2.24) is 4.98 Å². The normalized spacial score (nSPS) is 19.8. The molecule has 1 aliphatic heterocycles. The number of rotatable bonds is 4. The third-order valence-electron chi connectivity index (χ3n) is 3.49. The molecule has 4 heteroatoms. The third-order valence-corrected chi connectivity index (χ3v) is 3.49. The number of pyridine rings is 1. The number of nitrogens with two attached hydrogens (primary N) is 1. The molecule has 1 aliphatic rings. The van der Waals surface area contributed by atoms with E-state index in [4.69, 9.17) is 10.5 Å². The summed E-state index contributed by atoms with van der Waals surface area (Å²) in [4.78, 5) is 6.75. The van der Waals surface area contributed by atoms with Gasteiger partial charge in [-0.15, -0.1) is 0 Å². The number of aryl methyl sites for hydroxylation is 1. The first-order valence-electron chi connectivity index (χ1n) is 6.65. The van der Waals surface area contributed by atoms with Crippen LogP contribution in [0.3, 0.4) is 0 Å². The SMILES string of the molecule is Cc1cc(CN)cnc1N(C)CC1CCCOC1. The molecule has 1 saturated heterocycles. The molecule has 1 fully saturated rings. The van der Waals surface area contributed by atoms with Gasteiger partial charge in [-0.1, -0.05) is 0 Å². The predicted octanol–water partition coefficient (Wildman–Crippen LogP) is 1.71. The van der Waals surface area contributed by atoms with Gasteiger partial charge in [-0.05, 0) is 42.9 Å². The lowest BCUT2D eigenvalue weighted by Crippen LogP contribution is -2.31. The molecule has 2 heterocycles. The summed E-state index contributed by atoms with van der Waals surface area (Å²) < 4.78 is 5.52. The molecule has 2 N–H and O–H groups in total. The van der Waals surface area contributed by atoms with Crippen LogP contribution in [-0.2, 0) is 11.3 Å². The van der Waals surface area contributed by atoms with E-state index in [0.29, 0.717) is 12.5 Å². The van der Waals surface area contributed by atoms with Gasteiger partial charge in [0.25, 0.3) is 0 Å². The zero-order valence-corrected chi connectivity index (χ0v) is 11.4. The van der Waals surface area contributed by atoms with Crippen molar-refractivity contribution in [3.05, 3.63) is 23.4 Å². The summed E-state index contributed by atoms with van der Waals surface area (Å²) in [6, 6.07) is 2.12. The zero-order valence-electron chi connectivity index (χ0n) is 11.4. The van der Waals surface area contributed by atoms with Gasteiger partial charge in [0.15, 0.2) is 0 Å². The highest BCUT2D eigenvalue weighted by Gasteiger charge is 2.17. The van der Waals surface area contributed by atoms with Crippen LogP contribution in [0.1, 0.15) is 24.0 Å². The molecule has 0 radical (unpaired) electrons. The molecule has 0 saturated carbocycles. The zero-order chi connectivity index (χ0) is 13.0. The fourth-order valence-corrected chi connectivity index (χ4v) is 2.56. The van der Waals surface area contributed by atoms with Gasteiger partial charge in [-0.3, -0.25) is 0 Å². The Kier molecular flexibility index (Phi) is 4.55. The molecule has 4 nitrogen and oxygen atoms in total. The Morgan fingerprint density at radius 3 is 3.00 bits per heavy atom. The van der Waals surface area contributed by atoms with E-state index in [9.17, 15) is 0 Å². The van der Waals surface area contributed by atoms with Crippen LogP contribution in [-0.4, -0.2) is 31.8 Å². The molecular formula is C14H23N3O. The van der Waals surface area contributed by atoms with Crippen LogP contribution in [0.4, 0.5) is 5.82 Å². The molecule has 1 atom stereocenters. The molecule has 0 aromatic carbocycles. The van der Waals surface area contributed by atoms with Crippen LogP contribution in [0.2, 0.25) is 0 Å². The number of hydrogen-bond donors (Lipinski definition) is 1. The van der Waals surface area contributed by atoms with Gasteiger partial charge < -0.3 is 15.4 Å². The molecule has 100 valence electrons. The quantitative estimate of drug-likeness (QED) is 0.882. The average Bonchev–Trinajstić information content (AvgIpc) is 2.39. The van der Waals surface area contributed by atoms with Crippen LogP contribution < -0.4 is 10.6 Å². The van der Waals surface area contributed by atoms with E-state index in [1.54, 1.807) is 0 Å². The van der Waals surface area contributed by atoms with Gasteiger partial charge >= 0.3 is 0 Å². The largest absolute Gasteiger partial charge is 0.381 e. The number of nitrogens with zero attached hydrogens (tertiary/aromatic N) is 2. The highest BCUT2D eigenvalue weighted by Crippen LogP contribution is 2.20. The number of ether oxygens (including phenoxy) is 1. The number of hydrogen-bond acceptors (Lipinski definition) is 4. The molecule has 0 aliphatic carbocycles. The lowest BCUT2D eigenvalue weighted by atomic mass is 10.0. The van der Waals surface area contributed by atoms with Crippen LogP contribution in [0.25, 0.3) is 0 Å². The number of aromatic nitrogens is 1. The van der Waals surface area contributed by atoms with Crippen molar-refractivity contribution in [3.8, 4) is 0 Å². The van der Waals surface area contributed by atoms with E-state index in [1.807, 2.05) is 6.20 Å². The van der Waals surface area contributed by atoms with Crippen molar-refractivity contribution in [2.24, 2.45) is 11.7 Å². The first-order chi connectivity index (χ1) is 8.70. The minimum Gasteiger partial charge on any atom is -0.381 e. The monoisotopic (exact) mass is 249 g/mol. The van der Waals surface area contributed by atoms with Gasteiger partial charge in [0.05, 0.1) is 6.61 Å². The third kappa shape index (κ3) is 3.21. The van der Waals surface area contributed by atoms with E-state index in [0.717, 1.165) is 31.1 Å². The summed E-state index contributed by atoms with van der Waals surface area (Å²) in [5.41, 5.74) is 7.90. The Hall–Kier alpha value is -1.13. The highest BCUT2D eigenvalue weighted by atomic mass is 16.5. The van der Waals surface area contributed by atoms with Crippen LogP contribution in [0.15, 0.2) is 12.3 Å². The topological polar surface area (TPSA) is 51.4 Å². The molecule has 1 aromatic rings. The fourth-order valence-electron chi connectivity index (χ4n) is 2.56. The van der Waals surface area contributed by atoms with Crippen molar-refractivity contribution < 1.29 is 4.74 Å². The van der Waals surface area contributed by atoms with Gasteiger partial charge in [0, 0.05) is 32.9 Å². The summed E-state index contributed by atoms with van der Waals surface area (Å²) in [5.74, 6) is 1.68. The molecule has 0 bridgehead atoms. The van der Waals surface area contributed by atoms with Crippen LogP contribution >= 0.6 is 0 Å². The summed E-state index contributed by atoms with van der Waals surface area (Å²) in [7, 11) is 2.10. The maximum atomic E-state index is 5.62. The lowest BCUT2D eigenvalue weighted by Gasteiger charge is -2.28. The second-order valence-corrected chi connectivity index (χ2v) is 5.15. The number of anilines is 1. The first-order valence-corrected chi connectivity index (χ1v) is 6.65. The second-order valence-electron chi connectivity index (χ2n) is 5.15. The molecule has 0 spiro atoms. The Balaban J connectivity index is 2.01. The smallest absolute Gasteiger partial charge is 0.131 e. The van der Waals surface area contributed by atoms with Crippen molar-refractivity contribution in [2.75, 3.05) is 31.7 Å². The minimum absolute atomic E-state index is 0.550. The summed E-state index contributed by atoms with van der Waals surface area (Å²) in [6.45, 7) is 5.45. The molecular weight excluding hydrogens is 226 g/mol. The average molecular weight is 249 g/mol. The molecule has 18 heavy (non-hydrogen) atoms. The maximum absolute atomic E-state index is 5.62. The van der Waals surface area contributed by atoms with E-state index in [-0.39, 0.29) is 0 Å². The minimum atomic E-state index is 0.550. The van der Waals surface area contributed by atoms with Gasteiger partial charge in [0.2, 0.25) is 0 Å². The Labute approximate surface area is 109 Å². The Morgan fingerprint density at radius 2 is 2.39 bits per heavy atom. The Bertz CT molecular complexity index is 389. The molecule has 2 rings (SSSR count). The maximum Gasteiger partial charge on any atom is 0.131 e. The highest BCUT2D eigenvalue weighted by molar-refractivity contribution is 5.46. The second kappa shape index (κ2) is 6.16. The van der Waals surface area contributed by atoms with Gasteiger partial charge in [-0.2, -0.15) is 0 Å². The predicted molar refractivity (Wildman–Crippen MR) is 73.7 cm³/mol. The fraction of sp³-hybridized carbons (Fsp3) is 0.643. The van der Waals surface area contributed by atoms with E-state index < -0.39 is 0 Å². The van der Waals surface area contributed by atoms with Crippen LogP contribution in [0, 0.1) is 12.8 Å². The summed E-state index contributed by atoms with van der Waals surface area (Å²) in [5, 5.41) is 0. The van der Waals surface area contributed by atoms with Gasteiger partial charge in [-0.25, -0.2) is 4.98 Å². The van der Waals surface area contributed by atoms with Crippen molar-refractivity contribution in [2.45, 2.75) is 26.3 Å². The Morgan fingerprint density at radius 1 is 1.56 bits per heavy atom. The van der Waals surface area contributed by atoms with E-state index in [1.165, 1.54) is 18.4 Å². The van der Waals surface area contributed by atoms with Crippen LogP contribution in [0.5, 0.6) is 0 Å². The standard InChI is InChI=1S/C14H23N3O/c1-11-6-13(7-15)8-16-14(11)17(2)9-12-4-3-5-18-10-12/h6,8,12H,3-5,7,9-10,15H2,1-2H3. The van der Waals surface area contributed by atoms with Gasteiger partial charge in [0.1, 0.15) is 5.82 Å². The first kappa shape index (κ1) is 13.3. The van der Waals surface area contributed by atoms with Crippen molar-refractivity contribution in [1.29, 1.82) is 0 Å². The summed E-state index contributed by atoms with van der Waals surface area (Å²) in [6.07, 6.45) is 4.30. The molecule has 1 aromatic heterocycles.